The Balaban J connectivity index is 1.97. The van der Waals surface area contributed by atoms with Gasteiger partial charge in [0, 0.05) is 18.1 Å². The van der Waals surface area contributed by atoms with Gasteiger partial charge in [-0.05, 0) is 18.1 Å². The molecule has 0 bridgehead atoms. The Morgan fingerprint density at radius 3 is 2.52 bits per heavy atom. The smallest absolute Gasteiger partial charge is 0.264 e. The molecule has 1 aliphatic rings. The third-order valence-electron chi connectivity index (χ3n) is 4.74. The summed E-state index contributed by atoms with van der Waals surface area (Å²) in [6, 6.07) is 17.2. The van der Waals surface area contributed by atoms with E-state index in [1.54, 1.807) is 17.1 Å². The minimum absolute atomic E-state index is 0.0479. The maximum Gasteiger partial charge on any atom is 0.264 e. The molecule has 25 heavy (non-hydrogen) atoms. The van der Waals surface area contributed by atoms with E-state index in [1.165, 1.54) is 0 Å². The number of anilines is 1. The average Bonchev–Trinajstić information content (AvgIpc) is 2.86. The number of aliphatic hydroxyl groups excluding tert-OH is 1. The summed E-state index contributed by atoms with van der Waals surface area (Å²) in [5.74, 6) is -0.702. The average molecular weight is 337 g/mol. The first-order chi connectivity index (χ1) is 12.1. The van der Waals surface area contributed by atoms with Crippen LogP contribution in [0.15, 0.2) is 66.7 Å². The number of amides is 1. The van der Waals surface area contributed by atoms with Gasteiger partial charge in [0.25, 0.3) is 5.91 Å². The molecular weight excluding hydrogens is 314 g/mol. The Labute approximate surface area is 148 Å². The minimum atomic E-state index is -1.59. The van der Waals surface area contributed by atoms with Gasteiger partial charge >= 0.3 is 0 Å². The first kappa shape index (κ1) is 17.4. The van der Waals surface area contributed by atoms with E-state index in [4.69, 9.17) is 5.11 Å². The van der Waals surface area contributed by atoms with Crippen LogP contribution in [0.5, 0.6) is 0 Å². The molecule has 2 aromatic rings. The molecule has 0 radical (unpaired) electrons. The standard InChI is InChI=1S/C21H23NO3/c1-16(9-7-8-14-23)21(25)18-12-5-6-13-19(18)22(20(21)24)15-17-10-3-2-4-11-17/h2-7,9-13,16,23,25H,8,14-15H2,1H3/b9-7+/t16-,21+/m1/s1. The molecule has 0 unspecified atom stereocenters. The highest BCUT2D eigenvalue weighted by molar-refractivity contribution is 6.07. The Bertz CT molecular complexity index is 772. The third-order valence-corrected chi connectivity index (χ3v) is 4.74. The van der Waals surface area contributed by atoms with E-state index in [-0.39, 0.29) is 12.5 Å². The number of benzene rings is 2. The Kier molecular flexibility index (Phi) is 5.02. The molecule has 0 aromatic heterocycles. The monoisotopic (exact) mass is 337 g/mol. The fraction of sp³-hybridized carbons (Fsp3) is 0.286. The van der Waals surface area contributed by atoms with Gasteiger partial charge in [0.2, 0.25) is 0 Å². The number of carbonyl (C=O) groups excluding carboxylic acids is 1. The normalized spacial score (nSPS) is 20.9. The van der Waals surface area contributed by atoms with E-state index in [0.29, 0.717) is 18.5 Å². The number of rotatable bonds is 6. The molecule has 0 spiro atoms. The number of hydrogen-bond acceptors (Lipinski definition) is 3. The van der Waals surface area contributed by atoms with Crippen molar-refractivity contribution < 1.29 is 15.0 Å². The van der Waals surface area contributed by atoms with E-state index in [0.717, 1.165) is 11.3 Å². The van der Waals surface area contributed by atoms with Crippen LogP contribution in [0.4, 0.5) is 5.69 Å². The molecule has 2 N–H and O–H groups in total. The van der Waals surface area contributed by atoms with Crippen LogP contribution in [-0.2, 0) is 16.9 Å². The molecule has 2 atom stereocenters. The molecule has 0 saturated heterocycles. The van der Waals surface area contributed by atoms with Gasteiger partial charge in [-0.25, -0.2) is 0 Å². The maximum atomic E-state index is 13.2. The van der Waals surface area contributed by atoms with Gasteiger partial charge in [0.15, 0.2) is 5.60 Å². The first-order valence-corrected chi connectivity index (χ1v) is 8.54. The van der Waals surface area contributed by atoms with Gasteiger partial charge in [-0.2, -0.15) is 0 Å². The molecule has 1 amide bonds. The summed E-state index contributed by atoms with van der Waals surface area (Å²) in [7, 11) is 0. The minimum Gasteiger partial charge on any atom is -0.396 e. The molecule has 4 heteroatoms. The quantitative estimate of drug-likeness (QED) is 0.797. The van der Waals surface area contributed by atoms with Crippen LogP contribution < -0.4 is 4.90 Å². The molecule has 3 rings (SSSR count). The van der Waals surface area contributed by atoms with E-state index < -0.39 is 11.5 Å². The fourth-order valence-corrected chi connectivity index (χ4v) is 3.34. The molecule has 1 heterocycles. The summed E-state index contributed by atoms with van der Waals surface area (Å²) < 4.78 is 0. The van der Waals surface area contributed by atoms with Gasteiger partial charge in [-0.15, -0.1) is 0 Å². The molecule has 0 aliphatic carbocycles. The van der Waals surface area contributed by atoms with Gasteiger partial charge in [-0.3, -0.25) is 4.79 Å². The highest BCUT2D eigenvalue weighted by Gasteiger charge is 2.52. The zero-order chi connectivity index (χ0) is 17.9. The summed E-state index contributed by atoms with van der Waals surface area (Å²) >= 11 is 0. The zero-order valence-corrected chi connectivity index (χ0v) is 14.3. The first-order valence-electron chi connectivity index (χ1n) is 8.54. The van der Waals surface area contributed by atoms with Crippen molar-refractivity contribution in [1.29, 1.82) is 0 Å². The van der Waals surface area contributed by atoms with Gasteiger partial charge in [-0.1, -0.05) is 67.6 Å². The van der Waals surface area contributed by atoms with Crippen molar-refractivity contribution in [3.05, 3.63) is 77.9 Å². The maximum absolute atomic E-state index is 13.2. The van der Waals surface area contributed by atoms with Gasteiger partial charge < -0.3 is 15.1 Å². The molecule has 2 aromatic carbocycles. The number of hydrogen-bond donors (Lipinski definition) is 2. The zero-order valence-electron chi connectivity index (χ0n) is 14.3. The van der Waals surface area contributed by atoms with Crippen molar-refractivity contribution >= 4 is 11.6 Å². The fourth-order valence-electron chi connectivity index (χ4n) is 3.34. The summed E-state index contributed by atoms with van der Waals surface area (Å²) in [6.07, 6.45) is 4.11. The number of nitrogens with zero attached hydrogens (tertiary/aromatic N) is 1. The predicted octanol–water partition coefficient (Wildman–Crippen LogP) is 3.00. The molecule has 1 aliphatic heterocycles. The summed E-state index contributed by atoms with van der Waals surface area (Å²) in [6.45, 7) is 2.30. The van der Waals surface area contributed by atoms with Crippen LogP contribution in [0, 0.1) is 5.92 Å². The summed E-state index contributed by atoms with van der Waals surface area (Å²) in [5, 5.41) is 20.3. The van der Waals surface area contributed by atoms with Crippen molar-refractivity contribution in [3.8, 4) is 0 Å². The second-order valence-corrected chi connectivity index (χ2v) is 6.39. The topological polar surface area (TPSA) is 60.8 Å². The Morgan fingerprint density at radius 1 is 1.12 bits per heavy atom. The van der Waals surface area contributed by atoms with Crippen molar-refractivity contribution in [1.82, 2.24) is 0 Å². The van der Waals surface area contributed by atoms with E-state index in [9.17, 15) is 9.90 Å². The largest absolute Gasteiger partial charge is 0.396 e. The SMILES string of the molecule is C[C@H](/C=C/CCO)[C@@]1(O)C(=O)N(Cc2ccccc2)c2ccccc21. The lowest BCUT2D eigenvalue weighted by atomic mass is 9.83. The van der Waals surface area contributed by atoms with Crippen LogP contribution in [-0.4, -0.2) is 22.7 Å². The lowest BCUT2D eigenvalue weighted by Crippen LogP contribution is -2.44. The van der Waals surface area contributed by atoms with Gasteiger partial charge in [0.05, 0.1) is 12.2 Å². The highest BCUT2D eigenvalue weighted by Crippen LogP contribution is 2.45. The lowest BCUT2D eigenvalue weighted by molar-refractivity contribution is -0.139. The summed E-state index contributed by atoms with van der Waals surface area (Å²) in [4.78, 5) is 14.8. The van der Waals surface area contributed by atoms with Crippen LogP contribution in [0.1, 0.15) is 24.5 Å². The number of fused-ring (bicyclic) bond motifs is 1. The Morgan fingerprint density at radius 2 is 1.80 bits per heavy atom. The molecule has 0 saturated carbocycles. The molecule has 130 valence electrons. The van der Waals surface area contributed by atoms with E-state index in [2.05, 4.69) is 0 Å². The van der Waals surface area contributed by atoms with Crippen molar-refractivity contribution in [2.45, 2.75) is 25.5 Å². The third kappa shape index (κ3) is 3.11. The predicted molar refractivity (Wildman–Crippen MR) is 98.0 cm³/mol. The number of para-hydroxylation sites is 1. The van der Waals surface area contributed by atoms with Crippen LogP contribution in [0.2, 0.25) is 0 Å². The second-order valence-electron chi connectivity index (χ2n) is 6.39. The number of aliphatic hydroxyl groups is 2. The van der Waals surface area contributed by atoms with Crippen molar-refractivity contribution in [2.24, 2.45) is 5.92 Å². The van der Waals surface area contributed by atoms with Gasteiger partial charge in [0.1, 0.15) is 0 Å². The lowest BCUT2D eigenvalue weighted by Gasteiger charge is -2.27. The Hall–Kier alpha value is -2.43. The molecule has 0 fully saturated rings. The molecular formula is C21H23NO3. The van der Waals surface area contributed by atoms with E-state index in [1.807, 2.05) is 61.5 Å². The van der Waals surface area contributed by atoms with Crippen LogP contribution in [0.25, 0.3) is 0 Å². The highest BCUT2D eigenvalue weighted by atomic mass is 16.3. The van der Waals surface area contributed by atoms with E-state index >= 15 is 0 Å². The van der Waals surface area contributed by atoms with Crippen molar-refractivity contribution in [3.63, 3.8) is 0 Å². The van der Waals surface area contributed by atoms with Crippen LogP contribution in [0.3, 0.4) is 0 Å². The summed E-state index contributed by atoms with van der Waals surface area (Å²) in [5.41, 5.74) is 0.814. The van der Waals surface area contributed by atoms with Crippen LogP contribution >= 0.6 is 0 Å². The molecule has 4 nitrogen and oxygen atoms in total. The van der Waals surface area contributed by atoms with Crippen molar-refractivity contribution in [2.75, 3.05) is 11.5 Å². The second kappa shape index (κ2) is 7.21. The number of carbonyl (C=O) groups is 1.